The third-order valence-electron chi connectivity index (χ3n) is 2.99. The maximum atomic E-state index is 13.1. The maximum Gasteiger partial charge on any atom is 0.123 e. The van der Waals surface area contributed by atoms with Crippen LogP contribution in [0.5, 0.6) is 0 Å². The van der Waals surface area contributed by atoms with Gasteiger partial charge in [-0.15, -0.1) is 0 Å². The molecule has 3 heteroatoms. The minimum Gasteiger partial charge on any atom is -0.394 e. The van der Waals surface area contributed by atoms with E-state index in [0.717, 1.165) is 18.7 Å². The second kappa shape index (κ2) is 4.73. The van der Waals surface area contributed by atoms with Crippen LogP contribution in [-0.2, 0) is 0 Å². The SMILES string of the molecule is OC[C@@H](c1cccc(F)c1)N1CCCC1. The summed E-state index contributed by atoms with van der Waals surface area (Å²) in [5.74, 6) is -0.231. The summed E-state index contributed by atoms with van der Waals surface area (Å²) in [5, 5.41) is 9.37. The van der Waals surface area contributed by atoms with Crippen molar-refractivity contribution in [2.75, 3.05) is 19.7 Å². The van der Waals surface area contributed by atoms with Crippen LogP contribution in [-0.4, -0.2) is 29.7 Å². The van der Waals surface area contributed by atoms with Crippen molar-refractivity contribution >= 4 is 0 Å². The van der Waals surface area contributed by atoms with Crippen LogP contribution in [0.3, 0.4) is 0 Å². The van der Waals surface area contributed by atoms with Crippen molar-refractivity contribution in [1.82, 2.24) is 4.90 Å². The molecular weight excluding hydrogens is 193 g/mol. The van der Waals surface area contributed by atoms with Gasteiger partial charge >= 0.3 is 0 Å². The molecule has 1 fully saturated rings. The number of halogens is 1. The minimum atomic E-state index is -0.231. The number of rotatable bonds is 3. The normalized spacial score (nSPS) is 19.3. The Bertz CT molecular complexity index is 323. The summed E-state index contributed by atoms with van der Waals surface area (Å²) in [7, 11) is 0. The lowest BCUT2D eigenvalue weighted by atomic mass is 10.1. The third kappa shape index (κ3) is 2.36. The molecule has 2 nitrogen and oxygen atoms in total. The third-order valence-corrected chi connectivity index (χ3v) is 2.99. The van der Waals surface area contributed by atoms with Gasteiger partial charge in [0.15, 0.2) is 0 Å². The van der Waals surface area contributed by atoms with E-state index >= 15 is 0 Å². The topological polar surface area (TPSA) is 23.5 Å². The summed E-state index contributed by atoms with van der Waals surface area (Å²) >= 11 is 0. The molecule has 0 radical (unpaired) electrons. The number of benzene rings is 1. The highest BCUT2D eigenvalue weighted by molar-refractivity contribution is 5.20. The van der Waals surface area contributed by atoms with E-state index in [4.69, 9.17) is 0 Å². The fourth-order valence-corrected chi connectivity index (χ4v) is 2.20. The Labute approximate surface area is 89.3 Å². The standard InChI is InChI=1S/C12H16FNO/c13-11-5-3-4-10(8-11)12(9-15)14-6-1-2-7-14/h3-5,8,12,15H,1-2,6-7,9H2/t12-/m0/s1. The van der Waals surface area contributed by atoms with Crippen LogP contribution in [0.15, 0.2) is 24.3 Å². The summed E-state index contributed by atoms with van der Waals surface area (Å²) in [5.41, 5.74) is 0.874. The number of hydrogen-bond donors (Lipinski definition) is 1. The summed E-state index contributed by atoms with van der Waals surface area (Å²) in [6.07, 6.45) is 2.34. The predicted octanol–water partition coefficient (Wildman–Crippen LogP) is 1.95. The van der Waals surface area contributed by atoms with Crippen LogP contribution in [0.2, 0.25) is 0 Å². The van der Waals surface area contributed by atoms with Crippen molar-refractivity contribution in [1.29, 1.82) is 0 Å². The molecule has 1 aromatic rings. The highest BCUT2D eigenvalue weighted by atomic mass is 19.1. The van der Waals surface area contributed by atoms with Crippen LogP contribution in [0.1, 0.15) is 24.4 Å². The van der Waals surface area contributed by atoms with Gasteiger partial charge in [0.1, 0.15) is 5.82 Å². The lowest BCUT2D eigenvalue weighted by Crippen LogP contribution is -2.28. The van der Waals surface area contributed by atoms with E-state index in [1.807, 2.05) is 6.07 Å². The van der Waals surface area contributed by atoms with Gasteiger partial charge in [-0.3, -0.25) is 4.90 Å². The van der Waals surface area contributed by atoms with Gasteiger partial charge in [0.05, 0.1) is 12.6 Å². The second-order valence-electron chi connectivity index (χ2n) is 4.00. The molecule has 0 spiro atoms. The van der Waals surface area contributed by atoms with E-state index in [0.29, 0.717) is 0 Å². The Morgan fingerprint density at radius 2 is 2.07 bits per heavy atom. The Hall–Kier alpha value is -0.930. The van der Waals surface area contributed by atoms with E-state index < -0.39 is 0 Å². The van der Waals surface area contributed by atoms with Crippen molar-refractivity contribution < 1.29 is 9.50 Å². The molecule has 15 heavy (non-hydrogen) atoms. The first-order chi connectivity index (χ1) is 7.31. The first-order valence-corrected chi connectivity index (χ1v) is 5.41. The fourth-order valence-electron chi connectivity index (χ4n) is 2.20. The molecule has 0 saturated carbocycles. The Balaban J connectivity index is 2.18. The smallest absolute Gasteiger partial charge is 0.123 e. The average Bonchev–Trinajstić information content (AvgIpc) is 2.72. The van der Waals surface area contributed by atoms with E-state index in [2.05, 4.69) is 4.90 Å². The van der Waals surface area contributed by atoms with Crippen LogP contribution in [0, 0.1) is 5.82 Å². The summed E-state index contributed by atoms with van der Waals surface area (Å²) < 4.78 is 13.1. The molecule has 0 bridgehead atoms. The number of aliphatic hydroxyl groups excluding tert-OH is 1. The molecule has 1 atom stereocenters. The molecule has 2 rings (SSSR count). The number of hydrogen-bond acceptors (Lipinski definition) is 2. The summed E-state index contributed by atoms with van der Waals surface area (Å²) in [6.45, 7) is 2.06. The predicted molar refractivity (Wildman–Crippen MR) is 57.0 cm³/mol. The molecule has 0 aliphatic carbocycles. The number of aliphatic hydroxyl groups is 1. The largest absolute Gasteiger partial charge is 0.394 e. The summed E-state index contributed by atoms with van der Waals surface area (Å²) in [4.78, 5) is 2.22. The zero-order valence-electron chi connectivity index (χ0n) is 8.69. The lowest BCUT2D eigenvalue weighted by Gasteiger charge is -2.25. The number of likely N-dealkylation sites (tertiary alicyclic amines) is 1. The Morgan fingerprint density at radius 1 is 1.33 bits per heavy atom. The van der Waals surface area contributed by atoms with Gasteiger partial charge in [0.25, 0.3) is 0 Å². The Kier molecular flexibility index (Phi) is 3.34. The van der Waals surface area contributed by atoms with Crippen molar-refractivity contribution in [3.05, 3.63) is 35.6 Å². The van der Waals surface area contributed by atoms with E-state index in [1.165, 1.54) is 25.0 Å². The molecule has 1 aliphatic heterocycles. The van der Waals surface area contributed by atoms with Gasteiger partial charge < -0.3 is 5.11 Å². The van der Waals surface area contributed by atoms with Gasteiger partial charge in [-0.2, -0.15) is 0 Å². The molecule has 0 aromatic heterocycles. The zero-order valence-corrected chi connectivity index (χ0v) is 8.69. The molecular formula is C12H16FNO. The molecule has 1 aliphatic rings. The van der Waals surface area contributed by atoms with Crippen molar-refractivity contribution in [3.63, 3.8) is 0 Å². The number of nitrogens with zero attached hydrogens (tertiary/aromatic N) is 1. The maximum absolute atomic E-state index is 13.1. The lowest BCUT2D eigenvalue weighted by molar-refractivity contribution is 0.147. The molecule has 1 heterocycles. The first kappa shape index (κ1) is 10.6. The zero-order chi connectivity index (χ0) is 10.7. The Morgan fingerprint density at radius 3 is 2.67 bits per heavy atom. The molecule has 0 amide bonds. The highest BCUT2D eigenvalue weighted by Crippen LogP contribution is 2.24. The fraction of sp³-hybridized carbons (Fsp3) is 0.500. The van der Waals surface area contributed by atoms with Crippen LogP contribution in [0.25, 0.3) is 0 Å². The van der Waals surface area contributed by atoms with Crippen molar-refractivity contribution in [2.45, 2.75) is 18.9 Å². The second-order valence-corrected chi connectivity index (χ2v) is 4.00. The van der Waals surface area contributed by atoms with Crippen LogP contribution >= 0.6 is 0 Å². The van der Waals surface area contributed by atoms with E-state index in [9.17, 15) is 9.50 Å². The molecule has 82 valence electrons. The van der Waals surface area contributed by atoms with Gasteiger partial charge in [0.2, 0.25) is 0 Å². The average molecular weight is 209 g/mol. The highest BCUT2D eigenvalue weighted by Gasteiger charge is 2.22. The van der Waals surface area contributed by atoms with Crippen molar-refractivity contribution in [2.24, 2.45) is 0 Å². The van der Waals surface area contributed by atoms with Gasteiger partial charge in [-0.05, 0) is 43.6 Å². The molecule has 1 N–H and O–H groups in total. The molecule has 0 unspecified atom stereocenters. The first-order valence-electron chi connectivity index (χ1n) is 5.41. The minimum absolute atomic E-state index is 0.0387. The van der Waals surface area contributed by atoms with Crippen LogP contribution < -0.4 is 0 Å². The van der Waals surface area contributed by atoms with Crippen molar-refractivity contribution in [3.8, 4) is 0 Å². The molecule has 1 aromatic carbocycles. The van der Waals surface area contributed by atoms with Crippen LogP contribution in [0.4, 0.5) is 4.39 Å². The summed E-state index contributed by atoms with van der Waals surface area (Å²) in [6, 6.07) is 6.48. The van der Waals surface area contributed by atoms with Gasteiger partial charge in [-0.25, -0.2) is 4.39 Å². The van der Waals surface area contributed by atoms with Gasteiger partial charge in [-0.1, -0.05) is 12.1 Å². The van der Waals surface area contributed by atoms with Gasteiger partial charge in [0, 0.05) is 0 Å². The quantitative estimate of drug-likeness (QED) is 0.822. The monoisotopic (exact) mass is 209 g/mol. The molecule has 1 saturated heterocycles. The van der Waals surface area contributed by atoms with E-state index in [1.54, 1.807) is 6.07 Å². The van der Waals surface area contributed by atoms with E-state index in [-0.39, 0.29) is 18.5 Å².